The monoisotopic (exact) mass is 272 g/mol. The third-order valence-corrected chi connectivity index (χ3v) is 5.33. The van der Waals surface area contributed by atoms with Crippen LogP contribution in [0, 0.1) is 6.92 Å². The van der Waals surface area contributed by atoms with Crippen LogP contribution >= 0.6 is 0 Å². The maximum absolute atomic E-state index is 12.5. The van der Waals surface area contributed by atoms with Crippen LogP contribution in [0.5, 0.6) is 0 Å². The van der Waals surface area contributed by atoms with Gasteiger partial charge in [0.25, 0.3) is 10.0 Å². The minimum absolute atomic E-state index is 0.0916. The van der Waals surface area contributed by atoms with E-state index in [1.165, 1.54) is 4.31 Å². The molecule has 0 aromatic carbocycles. The summed E-state index contributed by atoms with van der Waals surface area (Å²) >= 11 is 0. The van der Waals surface area contributed by atoms with Crippen molar-refractivity contribution in [2.75, 3.05) is 13.1 Å². The van der Waals surface area contributed by atoms with Crippen LogP contribution in [0.1, 0.15) is 25.1 Å². The molecule has 0 saturated carbocycles. The van der Waals surface area contributed by atoms with Crippen LogP contribution in [0.2, 0.25) is 0 Å². The average molecular weight is 272 g/mol. The summed E-state index contributed by atoms with van der Waals surface area (Å²) in [5, 5.41) is 0.128. The molecule has 1 aromatic heterocycles. The van der Waals surface area contributed by atoms with Crippen molar-refractivity contribution < 1.29 is 8.42 Å². The molecule has 18 heavy (non-hydrogen) atoms. The molecule has 1 aliphatic heterocycles. The Balaban J connectivity index is 2.35. The minimum atomic E-state index is -3.50. The number of aryl methyl sites for hydroxylation is 2. The summed E-state index contributed by atoms with van der Waals surface area (Å²) in [6.45, 7) is 2.69. The number of hydrogen-bond acceptors (Lipinski definition) is 4. The lowest BCUT2D eigenvalue weighted by Gasteiger charge is -2.33. The van der Waals surface area contributed by atoms with Gasteiger partial charge in [0, 0.05) is 32.4 Å². The van der Waals surface area contributed by atoms with Crippen LogP contribution in [-0.2, 0) is 17.1 Å². The Hall–Kier alpha value is -0.920. The molecule has 0 bridgehead atoms. The van der Waals surface area contributed by atoms with Gasteiger partial charge in [-0.3, -0.25) is 0 Å². The predicted octanol–water partition coefficient (Wildman–Crippen LogP) is 0.230. The maximum Gasteiger partial charge on any atom is 0.262 e. The molecule has 6 nitrogen and oxygen atoms in total. The second-order valence-corrected chi connectivity index (χ2v) is 6.58. The van der Waals surface area contributed by atoms with Crippen molar-refractivity contribution in [2.24, 2.45) is 12.8 Å². The highest BCUT2D eigenvalue weighted by atomic mass is 32.2. The third-order valence-electron chi connectivity index (χ3n) is 3.50. The van der Waals surface area contributed by atoms with Crippen LogP contribution in [0.3, 0.4) is 0 Å². The first kappa shape index (κ1) is 13.5. The number of imidazole rings is 1. The Morgan fingerprint density at radius 1 is 1.50 bits per heavy atom. The standard InChI is InChI=1S/C11H20N4O2S/c1-9-13-11(8-14(9)2)18(16,17)15-6-4-3-5-10(15)7-12/h8,10H,3-7,12H2,1-2H3. The molecule has 2 N–H and O–H groups in total. The summed E-state index contributed by atoms with van der Waals surface area (Å²) in [5.74, 6) is 0.690. The van der Waals surface area contributed by atoms with Gasteiger partial charge in [-0.2, -0.15) is 4.31 Å². The largest absolute Gasteiger partial charge is 0.337 e. The molecule has 0 aliphatic carbocycles. The number of piperidine rings is 1. The molecule has 1 atom stereocenters. The molecule has 1 unspecified atom stereocenters. The third kappa shape index (κ3) is 2.30. The molecule has 2 heterocycles. The number of nitrogens with two attached hydrogens (primary N) is 1. The molecule has 102 valence electrons. The molecule has 7 heteroatoms. The zero-order valence-electron chi connectivity index (χ0n) is 10.8. The molecule has 0 amide bonds. The van der Waals surface area contributed by atoms with Gasteiger partial charge in [0.15, 0.2) is 5.03 Å². The van der Waals surface area contributed by atoms with Crippen LogP contribution < -0.4 is 5.73 Å². The van der Waals surface area contributed by atoms with Crippen molar-refractivity contribution in [3.05, 3.63) is 12.0 Å². The van der Waals surface area contributed by atoms with Crippen LogP contribution in [0.25, 0.3) is 0 Å². The predicted molar refractivity (Wildman–Crippen MR) is 68.5 cm³/mol. The van der Waals surface area contributed by atoms with Gasteiger partial charge in [-0.1, -0.05) is 6.42 Å². The first-order valence-corrected chi connectivity index (χ1v) is 7.62. The second-order valence-electron chi connectivity index (χ2n) is 4.74. The molecular weight excluding hydrogens is 252 g/mol. The highest BCUT2D eigenvalue weighted by Gasteiger charge is 2.34. The van der Waals surface area contributed by atoms with Gasteiger partial charge >= 0.3 is 0 Å². The molecule has 2 rings (SSSR count). The van der Waals surface area contributed by atoms with Crippen LogP contribution in [0.15, 0.2) is 11.2 Å². The molecule has 1 aromatic rings. The van der Waals surface area contributed by atoms with Crippen molar-refractivity contribution >= 4 is 10.0 Å². The van der Waals surface area contributed by atoms with Crippen molar-refractivity contribution in [1.29, 1.82) is 0 Å². The maximum atomic E-state index is 12.5. The summed E-state index contributed by atoms with van der Waals surface area (Å²) in [7, 11) is -1.71. The number of hydrogen-bond donors (Lipinski definition) is 1. The van der Waals surface area contributed by atoms with E-state index in [9.17, 15) is 8.42 Å². The van der Waals surface area contributed by atoms with E-state index in [2.05, 4.69) is 4.98 Å². The fraction of sp³-hybridized carbons (Fsp3) is 0.727. The fourth-order valence-electron chi connectivity index (χ4n) is 2.30. The van der Waals surface area contributed by atoms with Gasteiger partial charge in [-0.25, -0.2) is 13.4 Å². The number of rotatable bonds is 3. The van der Waals surface area contributed by atoms with E-state index in [1.54, 1.807) is 24.7 Å². The van der Waals surface area contributed by atoms with Crippen molar-refractivity contribution in [3.8, 4) is 0 Å². The SMILES string of the molecule is Cc1nc(S(=O)(=O)N2CCCCC2CN)cn1C. The quantitative estimate of drug-likeness (QED) is 0.854. The van der Waals surface area contributed by atoms with Gasteiger partial charge in [0.2, 0.25) is 0 Å². The summed E-state index contributed by atoms with van der Waals surface area (Å²) in [6.07, 6.45) is 4.32. The van der Waals surface area contributed by atoms with Crippen LogP contribution in [0.4, 0.5) is 0 Å². The van der Waals surface area contributed by atoms with E-state index in [1.807, 2.05) is 0 Å². The van der Waals surface area contributed by atoms with Crippen molar-refractivity contribution in [3.63, 3.8) is 0 Å². The molecule has 1 aliphatic rings. The zero-order chi connectivity index (χ0) is 13.3. The second kappa shape index (κ2) is 4.99. The first-order valence-electron chi connectivity index (χ1n) is 6.18. The van der Waals surface area contributed by atoms with E-state index in [0.717, 1.165) is 19.3 Å². The summed E-state index contributed by atoms with van der Waals surface area (Å²) in [6, 6.07) is -0.0916. The average Bonchev–Trinajstić information content (AvgIpc) is 2.70. The molecular formula is C11H20N4O2S. The van der Waals surface area contributed by atoms with Gasteiger partial charge in [0.05, 0.1) is 0 Å². The summed E-state index contributed by atoms with van der Waals surface area (Å²) < 4.78 is 28.3. The fourth-order valence-corrected chi connectivity index (χ4v) is 4.03. The number of nitrogens with zero attached hydrogens (tertiary/aromatic N) is 3. The summed E-state index contributed by atoms with van der Waals surface area (Å²) in [5.41, 5.74) is 5.67. The lowest BCUT2D eigenvalue weighted by atomic mass is 10.1. The van der Waals surface area contributed by atoms with Crippen LogP contribution in [-0.4, -0.2) is 41.4 Å². The molecule has 1 fully saturated rings. The van der Waals surface area contributed by atoms with Gasteiger partial charge in [-0.15, -0.1) is 0 Å². The van der Waals surface area contributed by atoms with E-state index in [-0.39, 0.29) is 11.1 Å². The molecule has 1 saturated heterocycles. The highest BCUT2D eigenvalue weighted by molar-refractivity contribution is 7.89. The van der Waals surface area contributed by atoms with Crippen molar-refractivity contribution in [1.82, 2.24) is 13.9 Å². The minimum Gasteiger partial charge on any atom is -0.337 e. The zero-order valence-corrected chi connectivity index (χ0v) is 11.7. The Morgan fingerprint density at radius 3 is 2.78 bits per heavy atom. The van der Waals surface area contributed by atoms with Gasteiger partial charge < -0.3 is 10.3 Å². The Kier molecular flexibility index (Phi) is 3.74. The molecule has 0 spiro atoms. The van der Waals surface area contributed by atoms with Crippen molar-refractivity contribution in [2.45, 2.75) is 37.3 Å². The van der Waals surface area contributed by atoms with E-state index in [0.29, 0.717) is 18.9 Å². The lowest BCUT2D eigenvalue weighted by molar-refractivity contribution is 0.257. The summed E-state index contributed by atoms with van der Waals surface area (Å²) in [4.78, 5) is 4.12. The van der Waals surface area contributed by atoms with E-state index in [4.69, 9.17) is 5.73 Å². The van der Waals surface area contributed by atoms with Gasteiger partial charge in [-0.05, 0) is 19.8 Å². The number of sulfonamides is 1. The first-order chi connectivity index (χ1) is 8.46. The number of aromatic nitrogens is 2. The lowest BCUT2D eigenvalue weighted by Crippen LogP contribution is -2.47. The Labute approximate surface area is 108 Å². The van der Waals surface area contributed by atoms with E-state index >= 15 is 0 Å². The normalized spacial score (nSPS) is 22.3. The molecule has 0 radical (unpaired) electrons. The van der Waals surface area contributed by atoms with Gasteiger partial charge in [0.1, 0.15) is 5.82 Å². The highest BCUT2D eigenvalue weighted by Crippen LogP contribution is 2.24. The Bertz CT molecular complexity index is 504. The smallest absolute Gasteiger partial charge is 0.262 e. The van der Waals surface area contributed by atoms with E-state index < -0.39 is 10.0 Å². The topological polar surface area (TPSA) is 81.2 Å². The Morgan fingerprint density at radius 2 is 2.22 bits per heavy atom.